The van der Waals surface area contributed by atoms with Crippen molar-refractivity contribution in [2.24, 2.45) is 0 Å². The van der Waals surface area contributed by atoms with E-state index < -0.39 is 18.7 Å². The highest BCUT2D eigenvalue weighted by Gasteiger charge is 2.06. The Morgan fingerprint density at radius 2 is 2.14 bits per heavy atom. The fourth-order valence-electron chi connectivity index (χ4n) is 1.41. The van der Waals surface area contributed by atoms with Crippen molar-refractivity contribution in [3.63, 3.8) is 0 Å². The molecule has 0 unspecified atom stereocenters. The number of aliphatic hydroxyl groups excluding tert-OH is 2. The van der Waals surface area contributed by atoms with Crippen LogP contribution in [-0.2, 0) is 0 Å². The van der Waals surface area contributed by atoms with Crippen molar-refractivity contribution >= 4 is 23.3 Å². The zero-order valence-electron chi connectivity index (χ0n) is 12.4. The van der Waals surface area contributed by atoms with Gasteiger partial charge in [-0.3, -0.25) is 5.43 Å². The van der Waals surface area contributed by atoms with E-state index in [2.05, 4.69) is 21.7 Å². The first kappa shape index (κ1) is 18.3. The van der Waals surface area contributed by atoms with Gasteiger partial charge in [-0.2, -0.15) is 0 Å². The maximum atomic E-state index is 11.3. The number of amides is 2. The molecule has 2 amide bonds. The number of hydrazine groups is 2. The van der Waals surface area contributed by atoms with Crippen LogP contribution < -0.4 is 26.4 Å². The van der Waals surface area contributed by atoms with Crippen LogP contribution in [0.1, 0.15) is 13.8 Å². The number of ether oxygens (including phenoxy) is 1. The SMILES string of the molecule is CC(C)Oc1ccc(NNNC(=O)NC[C@H](O)CO)cc1Cl. The second kappa shape index (κ2) is 9.31. The summed E-state index contributed by atoms with van der Waals surface area (Å²) in [5.41, 5.74) is 8.12. The number of carbonyl (C=O) groups is 1. The maximum absolute atomic E-state index is 11.3. The predicted molar refractivity (Wildman–Crippen MR) is 83.6 cm³/mol. The third-order valence-corrected chi connectivity index (χ3v) is 2.68. The van der Waals surface area contributed by atoms with E-state index in [0.717, 1.165) is 0 Å². The Morgan fingerprint density at radius 3 is 2.73 bits per heavy atom. The van der Waals surface area contributed by atoms with Gasteiger partial charge in [0.25, 0.3) is 0 Å². The number of rotatable bonds is 8. The number of benzene rings is 1. The molecule has 0 radical (unpaired) electrons. The molecule has 0 saturated heterocycles. The molecule has 22 heavy (non-hydrogen) atoms. The third-order valence-electron chi connectivity index (χ3n) is 2.39. The van der Waals surface area contributed by atoms with Crippen LogP contribution in [0.25, 0.3) is 0 Å². The maximum Gasteiger partial charge on any atom is 0.330 e. The first-order valence-electron chi connectivity index (χ1n) is 6.72. The van der Waals surface area contributed by atoms with Crippen molar-refractivity contribution in [1.82, 2.24) is 16.3 Å². The summed E-state index contributed by atoms with van der Waals surface area (Å²) in [4.78, 5) is 11.3. The topological polar surface area (TPSA) is 115 Å². The molecule has 0 aromatic heterocycles. The lowest BCUT2D eigenvalue weighted by Gasteiger charge is -2.14. The standard InChI is InChI=1S/C13H21ClN4O4/c1-8(2)22-12-4-3-9(5-11(12)14)16-18-17-13(21)15-6-10(20)7-19/h3-5,8,10,16,18-20H,6-7H2,1-2H3,(H2,15,17,21)/t10-/m0/s1. The van der Waals surface area contributed by atoms with Crippen LogP contribution in [0.4, 0.5) is 10.5 Å². The molecule has 1 aromatic rings. The minimum Gasteiger partial charge on any atom is -0.489 e. The Morgan fingerprint density at radius 1 is 1.41 bits per heavy atom. The molecular weight excluding hydrogens is 312 g/mol. The van der Waals surface area contributed by atoms with Crippen molar-refractivity contribution in [2.45, 2.75) is 26.1 Å². The summed E-state index contributed by atoms with van der Waals surface area (Å²) >= 11 is 6.07. The molecule has 0 aliphatic heterocycles. The molecule has 1 rings (SSSR count). The quantitative estimate of drug-likeness (QED) is 0.389. The number of urea groups is 1. The summed E-state index contributed by atoms with van der Waals surface area (Å²) < 4.78 is 5.50. The molecule has 0 bridgehead atoms. The normalized spacial score (nSPS) is 11.9. The molecule has 0 saturated carbocycles. The van der Waals surface area contributed by atoms with E-state index in [9.17, 15) is 4.79 Å². The lowest BCUT2D eigenvalue weighted by Crippen LogP contribution is -2.48. The summed E-state index contributed by atoms with van der Waals surface area (Å²) in [5.74, 6) is 0.575. The van der Waals surface area contributed by atoms with Gasteiger partial charge in [0.15, 0.2) is 0 Å². The molecule has 0 aliphatic carbocycles. The van der Waals surface area contributed by atoms with Crippen molar-refractivity contribution in [3.05, 3.63) is 23.2 Å². The van der Waals surface area contributed by atoms with E-state index in [1.165, 1.54) is 0 Å². The van der Waals surface area contributed by atoms with Gasteiger partial charge in [0, 0.05) is 6.54 Å². The smallest absolute Gasteiger partial charge is 0.330 e. The van der Waals surface area contributed by atoms with Crippen LogP contribution >= 0.6 is 11.6 Å². The molecule has 0 heterocycles. The molecule has 1 aromatic carbocycles. The van der Waals surface area contributed by atoms with Crippen molar-refractivity contribution in [1.29, 1.82) is 0 Å². The number of aliphatic hydroxyl groups is 2. The van der Waals surface area contributed by atoms with Crippen LogP contribution in [0, 0.1) is 0 Å². The summed E-state index contributed by atoms with van der Waals surface area (Å²) in [6, 6.07) is 4.52. The molecule has 8 nitrogen and oxygen atoms in total. The Hall–Kier alpha value is -1.74. The van der Waals surface area contributed by atoms with Crippen LogP contribution in [0.15, 0.2) is 18.2 Å². The van der Waals surface area contributed by atoms with E-state index in [0.29, 0.717) is 16.5 Å². The molecule has 0 fully saturated rings. The number of anilines is 1. The Labute approximate surface area is 133 Å². The number of hydrogen-bond acceptors (Lipinski definition) is 6. The highest BCUT2D eigenvalue weighted by atomic mass is 35.5. The minimum atomic E-state index is -0.994. The second-order valence-electron chi connectivity index (χ2n) is 4.73. The van der Waals surface area contributed by atoms with Crippen molar-refractivity contribution in [3.8, 4) is 5.75 Å². The van der Waals surface area contributed by atoms with Gasteiger partial charge in [0.2, 0.25) is 0 Å². The van der Waals surface area contributed by atoms with E-state index in [1.807, 2.05) is 13.8 Å². The number of nitrogens with one attached hydrogen (secondary N) is 4. The summed E-state index contributed by atoms with van der Waals surface area (Å²) in [7, 11) is 0. The Balaban J connectivity index is 2.36. The molecule has 0 spiro atoms. The second-order valence-corrected chi connectivity index (χ2v) is 5.14. The first-order chi connectivity index (χ1) is 10.4. The van der Waals surface area contributed by atoms with Crippen molar-refractivity contribution in [2.75, 3.05) is 18.6 Å². The lowest BCUT2D eigenvalue weighted by molar-refractivity contribution is 0.0958. The van der Waals surface area contributed by atoms with Gasteiger partial charge < -0.3 is 25.7 Å². The summed E-state index contributed by atoms with van der Waals surface area (Å²) in [5, 5.41) is 20.5. The van der Waals surface area contributed by atoms with Gasteiger partial charge >= 0.3 is 6.03 Å². The van der Waals surface area contributed by atoms with Gasteiger partial charge in [-0.05, 0) is 32.0 Å². The highest BCUT2D eigenvalue weighted by molar-refractivity contribution is 6.32. The fourth-order valence-corrected chi connectivity index (χ4v) is 1.63. The van der Waals surface area contributed by atoms with Crippen LogP contribution in [0.5, 0.6) is 5.75 Å². The van der Waals surface area contributed by atoms with E-state index in [-0.39, 0.29) is 12.6 Å². The molecule has 6 N–H and O–H groups in total. The molecule has 1 atom stereocenters. The molecule has 0 aliphatic rings. The monoisotopic (exact) mass is 332 g/mol. The van der Waals surface area contributed by atoms with Gasteiger partial charge in [-0.15, -0.1) is 5.53 Å². The van der Waals surface area contributed by atoms with Gasteiger partial charge in [0.05, 0.1) is 29.5 Å². The van der Waals surface area contributed by atoms with Gasteiger partial charge in [0.1, 0.15) is 5.75 Å². The van der Waals surface area contributed by atoms with Gasteiger partial charge in [-0.25, -0.2) is 4.79 Å². The van der Waals surface area contributed by atoms with Crippen molar-refractivity contribution < 1.29 is 19.7 Å². The first-order valence-corrected chi connectivity index (χ1v) is 7.10. The zero-order chi connectivity index (χ0) is 16.5. The third kappa shape index (κ3) is 6.81. The Kier molecular flexibility index (Phi) is 7.75. The van der Waals surface area contributed by atoms with Crippen LogP contribution in [0.3, 0.4) is 0 Å². The van der Waals surface area contributed by atoms with Crippen LogP contribution in [-0.4, -0.2) is 41.6 Å². The Bertz CT molecular complexity index is 487. The zero-order valence-corrected chi connectivity index (χ0v) is 13.1. The fraction of sp³-hybridized carbons (Fsp3) is 0.462. The number of carbonyl (C=O) groups excluding carboxylic acids is 1. The number of hydrogen-bond donors (Lipinski definition) is 6. The highest BCUT2D eigenvalue weighted by Crippen LogP contribution is 2.28. The average molecular weight is 333 g/mol. The number of halogens is 1. The molecule has 9 heteroatoms. The van der Waals surface area contributed by atoms with Crippen LogP contribution in [0.2, 0.25) is 5.02 Å². The summed E-state index contributed by atoms with van der Waals surface area (Å²) in [6.07, 6.45) is -0.972. The van der Waals surface area contributed by atoms with Gasteiger partial charge in [-0.1, -0.05) is 11.6 Å². The minimum absolute atomic E-state index is 0.0223. The largest absolute Gasteiger partial charge is 0.489 e. The summed E-state index contributed by atoms with van der Waals surface area (Å²) in [6.45, 7) is 3.33. The lowest BCUT2D eigenvalue weighted by atomic mass is 10.3. The predicted octanol–water partition coefficient (Wildman–Crippen LogP) is 0.611. The average Bonchev–Trinajstić information content (AvgIpc) is 2.47. The van der Waals surface area contributed by atoms with E-state index >= 15 is 0 Å². The molecule has 124 valence electrons. The van der Waals surface area contributed by atoms with E-state index in [1.54, 1.807) is 18.2 Å². The molecular formula is C13H21ClN4O4. The van der Waals surface area contributed by atoms with E-state index in [4.69, 9.17) is 26.6 Å².